The van der Waals surface area contributed by atoms with Crippen LogP contribution in [0.3, 0.4) is 0 Å². The van der Waals surface area contributed by atoms with Crippen LogP contribution in [0.5, 0.6) is 0 Å². The van der Waals surface area contributed by atoms with Gasteiger partial charge in [0.1, 0.15) is 5.82 Å². The number of H-pyrrole nitrogens is 2. The summed E-state index contributed by atoms with van der Waals surface area (Å²) >= 11 is 0. The van der Waals surface area contributed by atoms with Crippen molar-refractivity contribution < 1.29 is 0 Å². The first-order valence-corrected chi connectivity index (χ1v) is 5.47. The number of rotatable bonds is 2. The van der Waals surface area contributed by atoms with Crippen molar-refractivity contribution in [3.8, 4) is 11.3 Å². The Morgan fingerprint density at radius 3 is 3.00 bits per heavy atom. The SMILES string of the molecule is Cc1[nH]c(CN)nc1-c1ccc2nc[nH]c2c1. The van der Waals surface area contributed by atoms with Crippen LogP contribution in [-0.2, 0) is 6.54 Å². The van der Waals surface area contributed by atoms with Crippen molar-refractivity contribution in [2.75, 3.05) is 0 Å². The van der Waals surface area contributed by atoms with Gasteiger partial charge in [-0.05, 0) is 19.1 Å². The number of aromatic amines is 2. The largest absolute Gasteiger partial charge is 0.345 e. The van der Waals surface area contributed by atoms with Crippen LogP contribution in [0.2, 0.25) is 0 Å². The highest BCUT2D eigenvalue weighted by Gasteiger charge is 2.09. The Bertz CT molecular complexity index is 664. The smallest absolute Gasteiger partial charge is 0.120 e. The zero-order valence-electron chi connectivity index (χ0n) is 9.49. The Morgan fingerprint density at radius 2 is 2.24 bits per heavy atom. The maximum Gasteiger partial charge on any atom is 0.120 e. The Balaban J connectivity index is 2.15. The summed E-state index contributed by atoms with van der Waals surface area (Å²) in [5.41, 5.74) is 10.6. The van der Waals surface area contributed by atoms with Crippen LogP contribution in [0.1, 0.15) is 11.5 Å². The summed E-state index contributed by atoms with van der Waals surface area (Å²) < 4.78 is 0. The van der Waals surface area contributed by atoms with Gasteiger partial charge >= 0.3 is 0 Å². The molecule has 0 spiro atoms. The van der Waals surface area contributed by atoms with Gasteiger partial charge in [0.25, 0.3) is 0 Å². The molecule has 3 rings (SSSR count). The molecule has 0 bridgehead atoms. The van der Waals surface area contributed by atoms with Gasteiger partial charge in [0.15, 0.2) is 0 Å². The van der Waals surface area contributed by atoms with Crippen molar-refractivity contribution in [2.45, 2.75) is 13.5 Å². The predicted molar refractivity (Wildman–Crippen MR) is 66.3 cm³/mol. The summed E-state index contributed by atoms with van der Waals surface area (Å²) in [6, 6.07) is 6.05. The lowest BCUT2D eigenvalue weighted by atomic mass is 10.1. The Labute approximate surface area is 98.1 Å². The summed E-state index contributed by atoms with van der Waals surface area (Å²) in [6.07, 6.45) is 1.69. The zero-order chi connectivity index (χ0) is 11.8. The second kappa shape index (κ2) is 3.71. The van der Waals surface area contributed by atoms with Crippen molar-refractivity contribution in [3.63, 3.8) is 0 Å². The molecule has 86 valence electrons. The second-order valence-electron chi connectivity index (χ2n) is 4.00. The first kappa shape index (κ1) is 10.0. The number of benzene rings is 1. The second-order valence-corrected chi connectivity index (χ2v) is 4.00. The fraction of sp³-hybridized carbons (Fsp3) is 0.167. The molecule has 17 heavy (non-hydrogen) atoms. The van der Waals surface area contributed by atoms with Crippen molar-refractivity contribution in [3.05, 3.63) is 36.0 Å². The Hall–Kier alpha value is -2.14. The summed E-state index contributed by atoms with van der Waals surface area (Å²) in [7, 11) is 0. The van der Waals surface area contributed by atoms with Crippen molar-refractivity contribution in [2.24, 2.45) is 5.73 Å². The van der Waals surface area contributed by atoms with Crippen LogP contribution < -0.4 is 5.73 Å². The van der Waals surface area contributed by atoms with E-state index in [0.717, 1.165) is 33.8 Å². The number of nitrogens with two attached hydrogens (primary N) is 1. The van der Waals surface area contributed by atoms with Gasteiger partial charge in [-0.25, -0.2) is 9.97 Å². The van der Waals surface area contributed by atoms with Crippen LogP contribution in [-0.4, -0.2) is 19.9 Å². The lowest BCUT2D eigenvalue weighted by Gasteiger charge is -1.98. The number of imidazole rings is 2. The third-order valence-corrected chi connectivity index (χ3v) is 2.82. The minimum absolute atomic E-state index is 0.424. The summed E-state index contributed by atoms with van der Waals surface area (Å²) in [4.78, 5) is 14.9. The van der Waals surface area contributed by atoms with E-state index in [2.05, 4.69) is 19.9 Å². The van der Waals surface area contributed by atoms with Crippen LogP contribution in [0.25, 0.3) is 22.3 Å². The van der Waals surface area contributed by atoms with Gasteiger partial charge in [0.2, 0.25) is 0 Å². The molecule has 0 atom stereocenters. The molecule has 0 saturated carbocycles. The van der Waals surface area contributed by atoms with Gasteiger partial charge < -0.3 is 15.7 Å². The zero-order valence-corrected chi connectivity index (χ0v) is 9.49. The number of aromatic nitrogens is 4. The molecule has 5 heteroatoms. The molecule has 0 aliphatic carbocycles. The molecule has 2 aromatic heterocycles. The van der Waals surface area contributed by atoms with Crippen LogP contribution in [0.4, 0.5) is 0 Å². The van der Waals surface area contributed by atoms with Gasteiger partial charge in [-0.1, -0.05) is 6.07 Å². The Kier molecular flexibility index (Phi) is 2.19. The lowest BCUT2D eigenvalue weighted by Crippen LogP contribution is -1.97. The fourth-order valence-electron chi connectivity index (χ4n) is 1.98. The number of aryl methyl sites for hydroxylation is 1. The monoisotopic (exact) mass is 227 g/mol. The highest BCUT2D eigenvalue weighted by molar-refractivity contribution is 5.81. The molecule has 1 aromatic carbocycles. The van der Waals surface area contributed by atoms with Crippen LogP contribution in [0.15, 0.2) is 24.5 Å². The quantitative estimate of drug-likeness (QED) is 0.623. The third-order valence-electron chi connectivity index (χ3n) is 2.82. The van der Waals surface area contributed by atoms with Gasteiger partial charge in [-0.2, -0.15) is 0 Å². The van der Waals surface area contributed by atoms with Gasteiger partial charge in [-0.3, -0.25) is 0 Å². The Morgan fingerprint density at radius 1 is 1.35 bits per heavy atom. The molecule has 0 amide bonds. The highest BCUT2D eigenvalue weighted by Crippen LogP contribution is 2.23. The first-order chi connectivity index (χ1) is 8.28. The van der Waals surface area contributed by atoms with E-state index in [1.54, 1.807) is 6.33 Å². The number of hydrogen-bond donors (Lipinski definition) is 3. The molecular weight excluding hydrogens is 214 g/mol. The summed E-state index contributed by atoms with van der Waals surface area (Å²) in [6.45, 7) is 2.42. The van der Waals surface area contributed by atoms with Crippen LogP contribution >= 0.6 is 0 Å². The molecule has 0 aliphatic rings. The summed E-state index contributed by atoms with van der Waals surface area (Å²) in [5.74, 6) is 0.808. The van der Waals surface area contributed by atoms with Crippen molar-refractivity contribution in [1.29, 1.82) is 0 Å². The highest BCUT2D eigenvalue weighted by atomic mass is 15.0. The van der Waals surface area contributed by atoms with Crippen LogP contribution in [0, 0.1) is 6.92 Å². The number of nitrogens with zero attached hydrogens (tertiary/aromatic N) is 2. The minimum atomic E-state index is 0.424. The van der Waals surface area contributed by atoms with E-state index in [9.17, 15) is 0 Å². The molecule has 0 unspecified atom stereocenters. The number of nitrogens with one attached hydrogen (secondary N) is 2. The van der Waals surface area contributed by atoms with E-state index in [1.165, 1.54) is 0 Å². The first-order valence-electron chi connectivity index (χ1n) is 5.47. The van der Waals surface area contributed by atoms with Gasteiger partial charge in [-0.15, -0.1) is 0 Å². The van der Waals surface area contributed by atoms with E-state index < -0.39 is 0 Å². The maximum absolute atomic E-state index is 5.57. The minimum Gasteiger partial charge on any atom is -0.345 e. The average Bonchev–Trinajstić information content (AvgIpc) is 2.93. The molecule has 5 nitrogen and oxygen atoms in total. The maximum atomic E-state index is 5.57. The fourth-order valence-corrected chi connectivity index (χ4v) is 1.98. The van der Waals surface area contributed by atoms with E-state index >= 15 is 0 Å². The molecular formula is C12H13N5. The topological polar surface area (TPSA) is 83.4 Å². The molecule has 0 radical (unpaired) electrons. The van der Waals surface area contributed by atoms with E-state index in [-0.39, 0.29) is 0 Å². The predicted octanol–water partition coefficient (Wildman–Crippen LogP) is 1.72. The van der Waals surface area contributed by atoms with Gasteiger partial charge in [0.05, 0.1) is 29.6 Å². The van der Waals surface area contributed by atoms with E-state index in [4.69, 9.17) is 5.73 Å². The van der Waals surface area contributed by atoms with E-state index in [0.29, 0.717) is 6.54 Å². The molecule has 0 saturated heterocycles. The molecule has 0 aliphatic heterocycles. The standard InChI is InChI=1S/C12H13N5/c1-7-12(17-11(5-13)16-7)8-2-3-9-10(4-8)15-6-14-9/h2-4,6H,5,13H2,1H3,(H,14,15)(H,16,17). The third kappa shape index (κ3) is 1.60. The lowest BCUT2D eigenvalue weighted by molar-refractivity contribution is 0.944. The van der Waals surface area contributed by atoms with Crippen molar-refractivity contribution in [1.82, 2.24) is 19.9 Å². The summed E-state index contributed by atoms with van der Waals surface area (Å²) in [5, 5.41) is 0. The molecule has 3 aromatic rings. The number of hydrogen-bond acceptors (Lipinski definition) is 3. The number of fused-ring (bicyclic) bond motifs is 1. The molecule has 4 N–H and O–H groups in total. The molecule has 2 heterocycles. The molecule has 0 fully saturated rings. The van der Waals surface area contributed by atoms with Crippen molar-refractivity contribution >= 4 is 11.0 Å². The average molecular weight is 227 g/mol. The normalized spacial score (nSPS) is 11.2. The van der Waals surface area contributed by atoms with Gasteiger partial charge in [0, 0.05) is 11.3 Å². The van der Waals surface area contributed by atoms with E-state index in [1.807, 2.05) is 25.1 Å².